The number of rotatable bonds is 2. The fraction of sp³-hybridized carbons (Fsp3) is 0.357. The minimum atomic E-state index is 0.713. The molecule has 0 N–H and O–H groups in total. The fourth-order valence-electron chi connectivity index (χ4n) is 1.98. The van der Waals surface area contributed by atoms with Gasteiger partial charge in [0.15, 0.2) is 0 Å². The molecule has 0 aliphatic rings. The summed E-state index contributed by atoms with van der Waals surface area (Å²) < 4.78 is 0. The lowest BCUT2D eigenvalue weighted by atomic mass is 10.00. The number of hydrogen-bond acceptors (Lipinski definition) is 1. The smallest absolute Gasteiger partial charge is 0.0450 e. The van der Waals surface area contributed by atoms with Gasteiger partial charge in [-0.2, -0.15) is 0 Å². The molecule has 0 fully saturated rings. The van der Waals surface area contributed by atoms with E-state index in [-0.39, 0.29) is 0 Å². The molecule has 2 rings (SSSR count). The predicted molar refractivity (Wildman–Crippen MR) is 65.0 cm³/mol. The van der Waals surface area contributed by atoms with Gasteiger partial charge in [0, 0.05) is 17.3 Å². The van der Waals surface area contributed by atoms with Crippen LogP contribution in [0, 0.1) is 12.8 Å². The number of hydrogen-bond donors (Lipinski definition) is 0. The first kappa shape index (κ1) is 10.2. The van der Waals surface area contributed by atoms with E-state index in [1.165, 1.54) is 16.3 Å². The Morgan fingerprint density at radius 2 is 2.00 bits per heavy atom. The van der Waals surface area contributed by atoms with E-state index in [0.717, 1.165) is 12.1 Å². The quantitative estimate of drug-likeness (QED) is 0.718. The van der Waals surface area contributed by atoms with Crippen LogP contribution in [0.5, 0.6) is 0 Å². The lowest BCUT2D eigenvalue weighted by Crippen LogP contribution is -1.94. The van der Waals surface area contributed by atoms with Crippen LogP contribution in [-0.2, 0) is 6.42 Å². The maximum Gasteiger partial charge on any atom is 0.0450 e. The molecule has 0 amide bonds. The summed E-state index contributed by atoms with van der Waals surface area (Å²) in [4.78, 5) is 4.30. The van der Waals surface area contributed by atoms with E-state index < -0.39 is 0 Å². The number of aromatic nitrogens is 1. The Bertz CT molecular complexity index is 472. The van der Waals surface area contributed by atoms with Crippen LogP contribution in [0.1, 0.15) is 25.1 Å². The first-order valence-corrected chi connectivity index (χ1v) is 5.51. The Morgan fingerprint density at radius 3 is 2.73 bits per heavy atom. The van der Waals surface area contributed by atoms with Crippen molar-refractivity contribution in [1.29, 1.82) is 0 Å². The van der Waals surface area contributed by atoms with Crippen LogP contribution in [0.25, 0.3) is 10.8 Å². The lowest BCUT2D eigenvalue weighted by molar-refractivity contribution is 0.648. The van der Waals surface area contributed by atoms with Crippen molar-refractivity contribution in [3.8, 4) is 0 Å². The molecule has 1 heterocycles. The average molecular weight is 199 g/mol. The summed E-state index contributed by atoms with van der Waals surface area (Å²) in [6, 6.07) is 8.78. The van der Waals surface area contributed by atoms with Gasteiger partial charge in [-0.05, 0) is 36.3 Å². The number of aryl methyl sites for hydroxylation is 1. The second-order valence-electron chi connectivity index (χ2n) is 4.55. The summed E-state index contributed by atoms with van der Waals surface area (Å²) >= 11 is 0. The maximum atomic E-state index is 4.30. The van der Waals surface area contributed by atoms with Crippen molar-refractivity contribution in [2.24, 2.45) is 5.92 Å². The zero-order valence-electron chi connectivity index (χ0n) is 9.62. The second kappa shape index (κ2) is 4.01. The SMILES string of the molecule is Cc1nccc2cc(CC(C)C)ccc12. The predicted octanol–water partition coefficient (Wildman–Crippen LogP) is 3.74. The van der Waals surface area contributed by atoms with E-state index in [4.69, 9.17) is 0 Å². The molecule has 0 spiro atoms. The molecule has 0 aliphatic heterocycles. The number of fused-ring (bicyclic) bond motifs is 1. The van der Waals surface area contributed by atoms with Crippen LogP contribution in [0.4, 0.5) is 0 Å². The van der Waals surface area contributed by atoms with Crippen molar-refractivity contribution in [2.75, 3.05) is 0 Å². The van der Waals surface area contributed by atoms with E-state index in [2.05, 4.69) is 50.0 Å². The van der Waals surface area contributed by atoms with Gasteiger partial charge in [0.05, 0.1) is 0 Å². The van der Waals surface area contributed by atoms with E-state index in [1.807, 2.05) is 6.20 Å². The Hall–Kier alpha value is -1.37. The monoisotopic (exact) mass is 199 g/mol. The normalized spacial score (nSPS) is 11.2. The van der Waals surface area contributed by atoms with Gasteiger partial charge in [-0.15, -0.1) is 0 Å². The van der Waals surface area contributed by atoms with Gasteiger partial charge in [0.2, 0.25) is 0 Å². The first-order chi connectivity index (χ1) is 7.16. The van der Waals surface area contributed by atoms with Crippen LogP contribution < -0.4 is 0 Å². The number of benzene rings is 1. The minimum absolute atomic E-state index is 0.713. The van der Waals surface area contributed by atoms with Crippen LogP contribution in [0.2, 0.25) is 0 Å². The first-order valence-electron chi connectivity index (χ1n) is 5.51. The lowest BCUT2D eigenvalue weighted by Gasteiger charge is -2.07. The zero-order valence-corrected chi connectivity index (χ0v) is 9.62. The molecule has 1 aromatic heterocycles. The molecule has 2 aromatic rings. The summed E-state index contributed by atoms with van der Waals surface area (Å²) in [6.45, 7) is 6.56. The van der Waals surface area contributed by atoms with Gasteiger partial charge in [-0.1, -0.05) is 32.0 Å². The molecule has 0 radical (unpaired) electrons. The van der Waals surface area contributed by atoms with E-state index >= 15 is 0 Å². The van der Waals surface area contributed by atoms with Crippen molar-refractivity contribution < 1.29 is 0 Å². The van der Waals surface area contributed by atoms with Crippen molar-refractivity contribution in [2.45, 2.75) is 27.2 Å². The standard InChI is InChI=1S/C14H17N/c1-10(2)8-12-4-5-14-11(3)15-7-6-13(14)9-12/h4-7,9-10H,8H2,1-3H3. The summed E-state index contributed by atoms with van der Waals surface area (Å²) in [5, 5.41) is 2.57. The molecule has 78 valence electrons. The third kappa shape index (κ3) is 2.17. The molecule has 0 atom stereocenters. The van der Waals surface area contributed by atoms with Crippen molar-refractivity contribution >= 4 is 10.8 Å². The van der Waals surface area contributed by atoms with Crippen molar-refractivity contribution in [3.63, 3.8) is 0 Å². The van der Waals surface area contributed by atoms with E-state index in [9.17, 15) is 0 Å². The Labute approximate surface area is 91.2 Å². The Kier molecular flexibility index (Phi) is 2.72. The Balaban J connectivity index is 2.48. The third-order valence-corrected chi connectivity index (χ3v) is 2.67. The zero-order chi connectivity index (χ0) is 10.8. The summed E-state index contributed by atoms with van der Waals surface area (Å²) in [7, 11) is 0. The van der Waals surface area contributed by atoms with E-state index in [0.29, 0.717) is 5.92 Å². The van der Waals surface area contributed by atoms with Gasteiger partial charge in [-0.25, -0.2) is 0 Å². The highest BCUT2D eigenvalue weighted by atomic mass is 14.7. The highest BCUT2D eigenvalue weighted by molar-refractivity contribution is 5.84. The highest BCUT2D eigenvalue weighted by Gasteiger charge is 2.01. The summed E-state index contributed by atoms with van der Waals surface area (Å²) in [5.74, 6) is 0.713. The molecule has 1 nitrogen and oxygen atoms in total. The van der Waals surface area contributed by atoms with Gasteiger partial charge < -0.3 is 0 Å². The average Bonchev–Trinajstić information content (AvgIpc) is 2.17. The maximum absolute atomic E-state index is 4.30. The molecule has 15 heavy (non-hydrogen) atoms. The molecule has 0 unspecified atom stereocenters. The molecular formula is C14H17N. The molecule has 0 bridgehead atoms. The number of pyridine rings is 1. The van der Waals surface area contributed by atoms with Crippen LogP contribution >= 0.6 is 0 Å². The Morgan fingerprint density at radius 1 is 1.20 bits per heavy atom. The van der Waals surface area contributed by atoms with E-state index in [1.54, 1.807) is 0 Å². The second-order valence-corrected chi connectivity index (χ2v) is 4.55. The summed E-state index contributed by atoms with van der Waals surface area (Å²) in [5.41, 5.74) is 2.53. The highest BCUT2D eigenvalue weighted by Crippen LogP contribution is 2.19. The van der Waals surface area contributed by atoms with Crippen molar-refractivity contribution in [1.82, 2.24) is 4.98 Å². The van der Waals surface area contributed by atoms with Gasteiger partial charge in [-0.3, -0.25) is 4.98 Å². The minimum Gasteiger partial charge on any atom is -0.261 e. The van der Waals surface area contributed by atoms with Crippen LogP contribution in [0.3, 0.4) is 0 Å². The summed E-state index contributed by atoms with van der Waals surface area (Å²) in [6.07, 6.45) is 3.04. The molecule has 0 saturated heterocycles. The fourth-order valence-corrected chi connectivity index (χ4v) is 1.98. The topological polar surface area (TPSA) is 12.9 Å². The largest absolute Gasteiger partial charge is 0.261 e. The van der Waals surface area contributed by atoms with Crippen LogP contribution in [0.15, 0.2) is 30.5 Å². The molecular weight excluding hydrogens is 182 g/mol. The number of nitrogens with zero attached hydrogens (tertiary/aromatic N) is 1. The molecule has 1 aromatic carbocycles. The molecule has 1 heteroatoms. The molecule has 0 saturated carbocycles. The van der Waals surface area contributed by atoms with Gasteiger partial charge >= 0.3 is 0 Å². The third-order valence-electron chi connectivity index (χ3n) is 2.67. The van der Waals surface area contributed by atoms with Crippen molar-refractivity contribution in [3.05, 3.63) is 41.7 Å². The molecule has 0 aliphatic carbocycles. The van der Waals surface area contributed by atoms with Gasteiger partial charge in [0.25, 0.3) is 0 Å². The van der Waals surface area contributed by atoms with Gasteiger partial charge in [0.1, 0.15) is 0 Å². The van der Waals surface area contributed by atoms with Crippen LogP contribution in [-0.4, -0.2) is 4.98 Å².